The van der Waals surface area contributed by atoms with Crippen LogP contribution in [0, 0.1) is 5.82 Å². The van der Waals surface area contributed by atoms with Gasteiger partial charge in [-0.05, 0) is 40.9 Å². The molecule has 3 heterocycles. The number of aromatic nitrogens is 2. The molecule has 1 aliphatic rings. The van der Waals surface area contributed by atoms with E-state index >= 15 is 0 Å². The highest BCUT2D eigenvalue weighted by Gasteiger charge is 2.29. The highest BCUT2D eigenvalue weighted by Crippen LogP contribution is 2.29. The molecule has 0 radical (unpaired) electrons. The van der Waals surface area contributed by atoms with E-state index in [-0.39, 0.29) is 5.82 Å². The van der Waals surface area contributed by atoms with E-state index in [0.717, 1.165) is 3.79 Å². The number of nitrogens with zero attached hydrogens (tertiary/aromatic N) is 4. The summed E-state index contributed by atoms with van der Waals surface area (Å²) in [5.41, 5.74) is 0.377. The zero-order chi connectivity index (χ0) is 18.0. The van der Waals surface area contributed by atoms with Crippen LogP contribution in [-0.4, -0.2) is 48.9 Å². The number of aryl methyl sites for hydroxylation is 1. The Balaban J connectivity index is 1.79. The molecule has 2 aromatic heterocycles. The Morgan fingerprint density at radius 1 is 1.24 bits per heavy atom. The van der Waals surface area contributed by atoms with Crippen LogP contribution in [-0.2, 0) is 16.4 Å². The highest BCUT2D eigenvalue weighted by atomic mass is 79.9. The van der Waals surface area contributed by atoms with Crippen LogP contribution in [0.4, 0.5) is 10.2 Å². The molecule has 1 aliphatic heterocycles. The first-order chi connectivity index (χ1) is 11.9. The first-order valence-electron chi connectivity index (χ1n) is 7.93. The van der Waals surface area contributed by atoms with Crippen LogP contribution in [0.2, 0.25) is 0 Å². The first kappa shape index (κ1) is 18.7. The fraction of sp³-hybridized carbons (Fsp3) is 0.467. The van der Waals surface area contributed by atoms with Crippen molar-refractivity contribution in [1.82, 2.24) is 14.3 Å². The van der Waals surface area contributed by atoms with Crippen LogP contribution >= 0.6 is 27.3 Å². The van der Waals surface area contributed by atoms with Crippen molar-refractivity contribution in [2.75, 3.05) is 31.1 Å². The van der Waals surface area contributed by atoms with Crippen LogP contribution in [0.5, 0.6) is 0 Å². The van der Waals surface area contributed by atoms with Gasteiger partial charge in [-0.15, -0.1) is 11.3 Å². The summed E-state index contributed by atoms with van der Waals surface area (Å²) in [4.78, 5) is 9.82. The van der Waals surface area contributed by atoms with Crippen molar-refractivity contribution in [1.29, 1.82) is 0 Å². The van der Waals surface area contributed by atoms with Crippen molar-refractivity contribution >= 4 is 43.1 Å². The van der Waals surface area contributed by atoms with E-state index in [0.29, 0.717) is 48.9 Å². The maximum atomic E-state index is 14.5. The normalized spacial score (nSPS) is 16.8. The Kier molecular flexibility index (Phi) is 5.71. The average Bonchev–Trinajstić information content (AvgIpc) is 2.89. The smallest absolute Gasteiger partial charge is 0.252 e. The zero-order valence-corrected chi connectivity index (χ0v) is 16.9. The van der Waals surface area contributed by atoms with E-state index < -0.39 is 15.8 Å². The summed E-state index contributed by atoms with van der Waals surface area (Å²) in [5, 5.41) is 0. The second-order valence-electron chi connectivity index (χ2n) is 5.61. The molecule has 25 heavy (non-hydrogen) atoms. The Labute approximate surface area is 158 Å². The molecule has 2 aromatic rings. The summed E-state index contributed by atoms with van der Waals surface area (Å²) in [6.45, 7) is 3.48. The first-order valence-corrected chi connectivity index (χ1v) is 11.0. The highest BCUT2D eigenvalue weighted by molar-refractivity contribution is 9.11. The van der Waals surface area contributed by atoms with Gasteiger partial charge in [0.15, 0.2) is 11.6 Å². The molecular weight excluding hydrogens is 431 g/mol. The number of hydrogen-bond acceptors (Lipinski definition) is 6. The fourth-order valence-electron chi connectivity index (χ4n) is 2.77. The minimum atomic E-state index is -3.52. The molecule has 136 valence electrons. The molecular formula is C15H18BrFN4O2S2. The van der Waals surface area contributed by atoms with Crippen LogP contribution in [0.3, 0.4) is 0 Å². The van der Waals surface area contributed by atoms with E-state index in [4.69, 9.17) is 0 Å². The predicted octanol–water partition coefficient (Wildman–Crippen LogP) is 2.90. The molecule has 0 spiro atoms. The number of hydrogen-bond donors (Lipinski definition) is 0. The molecule has 0 unspecified atom stereocenters. The van der Waals surface area contributed by atoms with Crippen LogP contribution in [0.1, 0.15) is 19.0 Å². The molecule has 0 atom stereocenters. The second-order valence-corrected chi connectivity index (χ2v) is 10.2. The molecule has 1 saturated heterocycles. The number of anilines is 1. The van der Waals surface area contributed by atoms with Gasteiger partial charge in [-0.3, -0.25) is 0 Å². The summed E-state index contributed by atoms with van der Waals surface area (Å²) in [7, 11) is -3.52. The second kappa shape index (κ2) is 7.65. The third-order valence-corrected chi connectivity index (χ3v) is 8.06. The molecule has 0 N–H and O–H groups in total. The van der Waals surface area contributed by atoms with Crippen LogP contribution in [0.25, 0.3) is 0 Å². The van der Waals surface area contributed by atoms with Crippen molar-refractivity contribution in [2.45, 2.75) is 24.0 Å². The average molecular weight is 449 g/mol. The van der Waals surface area contributed by atoms with Gasteiger partial charge in [0, 0.05) is 26.2 Å². The standard InChI is InChI=1S/C15H18BrFN4O2S2/c1-2-11-14(17)15(19-10-18-11)20-6-3-7-21(9-8-20)25(22,23)13-5-4-12(16)24-13/h4-5,10H,2-3,6-9H2,1H3. The zero-order valence-electron chi connectivity index (χ0n) is 13.7. The maximum Gasteiger partial charge on any atom is 0.252 e. The maximum absolute atomic E-state index is 14.5. The van der Waals surface area contributed by atoms with Gasteiger partial charge in [0.25, 0.3) is 10.0 Å². The third kappa shape index (κ3) is 3.86. The van der Waals surface area contributed by atoms with Crippen molar-refractivity contribution in [3.8, 4) is 0 Å². The summed E-state index contributed by atoms with van der Waals surface area (Å²) in [5.74, 6) is -0.159. The molecule has 3 rings (SSSR count). The molecule has 6 nitrogen and oxygen atoms in total. The number of sulfonamides is 1. The Morgan fingerprint density at radius 2 is 2.04 bits per heavy atom. The summed E-state index contributed by atoms with van der Waals surface area (Å²) >= 11 is 4.49. The van der Waals surface area contributed by atoms with Gasteiger partial charge in [-0.25, -0.2) is 22.8 Å². The number of rotatable bonds is 4. The lowest BCUT2D eigenvalue weighted by atomic mass is 10.3. The van der Waals surface area contributed by atoms with Crippen LogP contribution in [0.15, 0.2) is 26.5 Å². The Morgan fingerprint density at radius 3 is 2.72 bits per heavy atom. The summed E-state index contributed by atoms with van der Waals surface area (Å²) in [6.07, 6.45) is 2.46. The lowest BCUT2D eigenvalue weighted by molar-refractivity contribution is 0.434. The molecule has 0 saturated carbocycles. The van der Waals surface area contributed by atoms with E-state index in [1.165, 1.54) is 22.0 Å². The van der Waals surface area contributed by atoms with E-state index in [1.807, 2.05) is 6.92 Å². The van der Waals surface area contributed by atoms with Gasteiger partial charge in [0.05, 0.1) is 9.48 Å². The van der Waals surface area contributed by atoms with E-state index in [2.05, 4.69) is 25.9 Å². The lowest BCUT2D eigenvalue weighted by Gasteiger charge is -2.23. The Bertz CT molecular complexity index is 859. The number of halogens is 2. The van der Waals surface area contributed by atoms with Gasteiger partial charge in [0.2, 0.25) is 0 Å². The largest absolute Gasteiger partial charge is 0.353 e. The minimum Gasteiger partial charge on any atom is -0.353 e. The number of thiophene rings is 1. The molecule has 0 aliphatic carbocycles. The molecule has 0 aromatic carbocycles. The van der Waals surface area contributed by atoms with Gasteiger partial charge in [-0.2, -0.15) is 4.31 Å². The monoisotopic (exact) mass is 448 g/mol. The molecule has 1 fully saturated rings. The van der Waals surface area contributed by atoms with Gasteiger partial charge in [-0.1, -0.05) is 6.92 Å². The minimum absolute atomic E-state index is 0.255. The third-order valence-electron chi connectivity index (χ3n) is 4.08. The van der Waals surface area contributed by atoms with Crippen LogP contribution < -0.4 is 4.90 Å². The summed E-state index contributed by atoms with van der Waals surface area (Å²) < 4.78 is 42.6. The van der Waals surface area contributed by atoms with Crippen molar-refractivity contribution < 1.29 is 12.8 Å². The SMILES string of the molecule is CCc1ncnc(N2CCCN(S(=O)(=O)c3ccc(Br)s3)CC2)c1F. The van der Waals surface area contributed by atoms with E-state index in [9.17, 15) is 12.8 Å². The quantitative estimate of drug-likeness (QED) is 0.718. The van der Waals surface area contributed by atoms with Crippen molar-refractivity contribution in [3.05, 3.63) is 33.8 Å². The molecule has 10 heteroatoms. The summed E-state index contributed by atoms with van der Waals surface area (Å²) in [6, 6.07) is 3.33. The van der Waals surface area contributed by atoms with Crippen molar-refractivity contribution in [2.24, 2.45) is 0 Å². The van der Waals surface area contributed by atoms with Gasteiger partial charge in [0.1, 0.15) is 10.5 Å². The van der Waals surface area contributed by atoms with Gasteiger partial charge >= 0.3 is 0 Å². The molecule has 0 bridgehead atoms. The van der Waals surface area contributed by atoms with Crippen molar-refractivity contribution in [3.63, 3.8) is 0 Å². The van der Waals surface area contributed by atoms with E-state index in [1.54, 1.807) is 17.0 Å². The lowest BCUT2D eigenvalue weighted by Crippen LogP contribution is -2.35. The topological polar surface area (TPSA) is 66.4 Å². The van der Waals surface area contributed by atoms with Gasteiger partial charge < -0.3 is 4.90 Å². The molecule has 0 amide bonds. The Hall–Kier alpha value is -1.10. The fourth-order valence-corrected chi connectivity index (χ4v) is 6.41. The predicted molar refractivity (Wildman–Crippen MR) is 99.0 cm³/mol.